The summed E-state index contributed by atoms with van der Waals surface area (Å²) in [6, 6.07) is 3.68. The number of thiophene rings is 1. The normalized spacial score (nSPS) is 11.2. The third-order valence-corrected chi connectivity index (χ3v) is 3.70. The Bertz CT molecular complexity index is 580. The molecule has 1 heterocycles. The molecule has 0 atom stereocenters. The van der Waals surface area contributed by atoms with Crippen molar-refractivity contribution in [1.29, 1.82) is 0 Å². The third kappa shape index (κ3) is 2.03. The second-order valence-electron chi connectivity index (χ2n) is 3.23. The van der Waals surface area contributed by atoms with E-state index in [-0.39, 0.29) is 0 Å². The number of fused-ring (bicyclic) bond motifs is 1. The first-order chi connectivity index (χ1) is 8.21. The highest BCUT2D eigenvalue weighted by molar-refractivity contribution is 7.20. The summed E-state index contributed by atoms with van der Waals surface area (Å²) in [5.74, 6) is 1.09. The third-order valence-electron chi connectivity index (χ3n) is 2.31. The number of hydrogen-bond acceptors (Lipinski definition) is 5. The van der Waals surface area contributed by atoms with Crippen LogP contribution in [0, 0.1) is 0 Å². The molecule has 0 fully saturated rings. The number of oxime groups is 1. The molecule has 0 amide bonds. The van der Waals surface area contributed by atoms with Crippen LogP contribution in [0.5, 0.6) is 11.5 Å². The van der Waals surface area contributed by atoms with Gasteiger partial charge in [0.15, 0.2) is 11.5 Å². The van der Waals surface area contributed by atoms with E-state index in [1.807, 2.05) is 12.1 Å². The lowest BCUT2D eigenvalue weighted by Gasteiger charge is -2.09. The molecule has 0 aliphatic carbocycles. The van der Waals surface area contributed by atoms with Crippen molar-refractivity contribution in [2.45, 2.75) is 0 Å². The maximum absolute atomic E-state index is 8.51. The Balaban J connectivity index is 2.72. The minimum Gasteiger partial charge on any atom is -0.493 e. The van der Waals surface area contributed by atoms with Gasteiger partial charge in [-0.05, 0) is 6.07 Å². The van der Waals surface area contributed by atoms with E-state index >= 15 is 0 Å². The molecule has 2 rings (SSSR count). The van der Waals surface area contributed by atoms with Crippen LogP contribution in [0.25, 0.3) is 10.1 Å². The molecule has 17 heavy (non-hydrogen) atoms. The molecule has 0 saturated carbocycles. The van der Waals surface area contributed by atoms with Crippen LogP contribution in [0.15, 0.2) is 17.3 Å². The molecule has 4 nitrogen and oxygen atoms in total. The molecule has 6 heteroatoms. The summed E-state index contributed by atoms with van der Waals surface area (Å²) in [5.41, 5.74) is 0. The summed E-state index contributed by atoms with van der Waals surface area (Å²) in [5, 5.41) is 12.9. The molecular weight excluding hydrogens is 262 g/mol. The van der Waals surface area contributed by atoms with Crippen molar-refractivity contribution in [2.24, 2.45) is 5.16 Å². The number of ether oxygens (including phenoxy) is 2. The maximum Gasteiger partial charge on any atom is 0.180 e. The fourth-order valence-electron chi connectivity index (χ4n) is 1.58. The van der Waals surface area contributed by atoms with Crippen LogP contribution < -0.4 is 9.47 Å². The van der Waals surface area contributed by atoms with Crippen LogP contribution >= 0.6 is 22.9 Å². The summed E-state index contributed by atoms with van der Waals surface area (Å²) in [6.07, 6.45) is 1.36. The van der Waals surface area contributed by atoms with E-state index in [1.54, 1.807) is 7.11 Å². The zero-order valence-corrected chi connectivity index (χ0v) is 10.8. The molecule has 0 spiro atoms. The lowest BCUT2D eigenvalue weighted by atomic mass is 10.2. The second kappa shape index (κ2) is 4.81. The predicted octanol–water partition coefficient (Wildman–Crippen LogP) is 3.38. The van der Waals surface area contributed by atoms with Crippen LogP contribution in [-0.4, -0.2) is 25.6 Å². The number of rotatable bonds is 3. The van der Waals surface area contributed by atoms with Gasteiger partial charge in [0.2, 0.25) is 0 Å². The largest absolute Gasteiger partial charge is 0.493 e. The first-order valence-electron chi connectivity index (χ1n) is 4.72. The molecule has 90 valence electrons. The average Bonchev–Trinajstić information content (AvgIpc) is 2.72. The highest BCUT2D eigenvalue weighted by atomic mass is 35.5. The summed E-state index contributed by atoms with van der Waals surface area (Å²) >= 11 is 7.69. The van der Waals surface area contributed by atoms with Crippen molar-refractivity contribution in [3.05, 3.63) is 22.0 Å². The van der Waals surface area contributed by atoms with E-state index in [1.165, 1.54) is 24.7 Å². The van der Waals surface area contributed by atoms with Crippen molar-refractivity contribution in [2.75, 3.05) is 14.2 Å². The number of nitrogens with zero attached hydrogens (tertiary/aromatic N) is 1. The van der Waals surface area contributed by atoms with Crippen LogP contribution in [0.3, 0.4) is 0 Å². The van der Waals surface area contributed by atoms with Gasteiger partial charge < -0.3 is 14.7 Å². The zero-order valence-electron chi connectivity index (χ0n) is 9.23. The minimum absolute atomic E-state index is 0.496. The SMILES string of the molecule is COc1cc2sc(/C=N/O)cc2c(Cl)c1OC. The average molecular weight is 272 g/mol. The highest BCUT2D eigenvalue weighted by Crippen LogP contribution is 2.43. The molecule has 2 aromatic rings. The smallest absolute Gasteiger partial charge is 0.180 e. The van der Waals surface area contributed by atoms with Crippen molar-refractivity contribution in [3.8, 4) is 11.5 Å². The van der Waals surface area contributed by atoms with E-state index in [0.717, 1.165) is 15.0 Å². The summed E-state index contributed by atoms with van der Waals surface area (Å²) in [4.78, 5) is 0.805. The Morgan fingerprint density at radius 2 is 2.12 bits per heavy atom. The van der Waals surface area contributed by atoms with E-state index < -0.39 is 0 Å². The molecular formula is C11H10ClNO3S. The molecule has 0 bridgehead atoms. The van der Waals surface area contributed by atoms with Gasteiger partial charge in [-0.25, -0.2) is 0 Å². The van der Waals surface area contributed by atoms with Crippen molar-refractivity contribution >= 4 is 39.2 Å². The molecule has 0 unspecified atom stereocenters. The first kappa shape index (κ1) is 12.0. The number of methoxy groups -OCH3 is 2. The molecule has 0 saturated heterocycles. The molecule has 0 aliphatic rings. The zero-order chi connectivity index (χ0) is 12.4. The minimum atomic E-state index is 0.496. The van der Waals surface area contributed by atoms with Crippen LogP contribution in [-0.2, 0) is 0 Å². The quantitative estimate of drug-likeness (QED) is 0.529. The summed E-state index contributed by atoms with van der Waals surface area (Å²) in [7, 11) is 3.10. The van der Waals surface area contributed by atoms with Gasteiger partial charge in [-0.1, -0.05) is 16.8 Å². The highest BCUT2D eigenvalue weighted by Gasteiger charge is 2.15. The summed E-state index contributed by atoms with van der Waals surface area (Å²) in [6.45, 7) is 0. The molecule has 1 N–H and O–H groups in total. The van der Waals surface area contributed by atoms with Crippen molar-refractivity contribution in [3.63, 3.8) is 0 Å². The van der Waals surface area contributed by atoms with Gasteiger partial charge in [0.25, 0.3) is 0 Å². The van der Waals surface area contributed by atoms with Crippen molar-refractivity contribution in [1.82, 2.24) is 0 Å². The van der Waals surface area contributed by atoms with Gasteiger partial charge in [-0.3, -0.25) is 0 Å². The second-order valence-corrected chi connectivity index (χ2v) is 4.72. The monoisotopic (exact) mass is 271 g/mol. The fraction of sp³-hybridized carbons (Fsp3) is 0.182. The molecule has 0 radical (unpaired) electrons. The summed E-state index contributed by atoms with van der Waals surface area (Å²) < 4.78 is 11.4. The van der Waals surface area contributed by atoms with Gasteiger partial charge in [0.05, 0.1) is 25.5 Å². The van der Waals surface area contributed by atoms with E-state index in [0.29, 0.717) is 16.5 Å². The Morgan fingerprint density at radius 1 is 1.35 bits per heavy atom. The van der Waals surface area contributed by atoms with E-state index in [4.69, 9.17) is 26.3 Å². The topological polar surface area (TPSA) is 51.0 Å². The number of hydrogen-bond donors (Lipinski definition) is 1. The first-order valence-corrected chi connectivity index (χ1v) is 5.92. The van der Waals surface area contributed by atoms with Gasteiger partial charge in [-0.2, -0.15) is 0 Å². The maximum atomic E-state index is 8.51. The van der Waals surface area contributed by atoms with Gasteiger partial charge in [0, 0.05) is 21.0 Å². The molecule has 1 aromatic carbocycles. The van der Waals surface area contributed by atoms with E-state index in [9.17, 15) is 0 Å². The Kier molecular flexibility index (Phi) is 3.40. The number of halogens is 1. The molecule has 0 aliphatic heterocycles. The van der Waals surface area contributed by atoms with Crippen LogP contribution in [0.2, 0.25) is 5.02 Å². The predicted molar refractivity (Wildman–Crippen MR) is 69.3 cm³/mol. The van der Waals surface area contributed by atoms with Gasteiger partial charge >= 0.3 is 0 Å². The lowest BCUT2D eigenvalue weighted by Crippen LogP contribution is -1.90. The Morgan fingerprint density at radius 3 is 2.71 bits per heavy atom. The van der Waals surface area contributed by atoms with Gasteiger partial charge in [-0.15, -0.1) is 11.3 Å². The van der Waals surface area contributed by atoms with E-state index in [2.05, 4.69) is 5.16 Å². The van der Waals surface area contributed by atoms with Gasteiger partial charge in [0.1, 0.15) is 0 Å². The van der Waals surface area contributed by atoms with Crippen LogP contribution in [0.4, 0.5) is 0 Å². The van der Waals surface area contributed by atoms with Crippen LogP contribution in [0.1, 0.15) is 4.88 Å². The van der Waals surface area contributed by atoms with Crippen molar-refractivity contribution < 1.29 is 14.7 Å². The fourth-order valence-corrected chi connectivity index (χ4v) is 2.93. The Hall–Kier alpha value is -1.46. The Labute approximate surface area is 107 Å². The molecule has 1 aromatic heterocycles. The number of benzene rings is 1. The standard InChI is InChI=1S/C11H10ClNO3S/c1-15-8-4-9-7(10(12)11(8)16-2)3-6(17-9)5-13-14/h3-5,14H,1-2H3/b13-5+. The lowest BCUT2D eigenvalue weighted by molar-refractivity contribution is 0.322.